The third-order valence-electron chi connectivity index (χ3n) is 3.87. The van der Waals surface area contributed by atoms with Crippen LogP contribution < -0.4 is 5.32 Å². The number of carbonyl (C=O) groups is 1. The number of anilines is 1. The van der Waals surface area contributed by atoms with Crippen LogP contribution in [0.1, 0.15) is 48.2 Å². The second kappa shape index (κ2) is 9.01. The van der Waals surface area contributed by atoms with E-state index in [9.17, 15) is 4.79 Å². The van der Waals surface area contributed by atoms with Gasteiger partial charge in [-0.15, -0.1) is 0 Å². The fraction of sp³-hybridized carbons (Fsp3) is 0.421. The number of rotatable bonds is 8. The molecule has 0 aliphatic carbocycles. The highest BCUT2D eigenvalue weighted by atomic mass is 16.2. The van der Waals surface area contributed by atoms with Gasteiger partial charge in [-0.05, 0) is 30.9 Å². The summed E-state index contributed by atoms with van der Waals surface area (Å²) in [5.41, 5.74) is 2.98. The zero-order valence-corrected chi connectivity index (χ0v) is 14.7. The zero-order chi connectivity index (χ0) is 17.4. The number of carbonyl (C=O) groups excluding carboxylic acids is 1. The number of amides is 1. The van der Waals surface area contributed by atoms with Crippen LogP contribution in [-0.2, 0) is 6.54 Å². The van der Waals surface area contributed by atoms with Crippen LogP contribution in [0.15, 0.2) is 36.7 Å². The minimum absolute atomic E-state index is 0.00385. The van der Waals surface area contributed by atoms with E-state index >= 15 is 0 Å². The van der Waals surface area contributed by atoms with Gasteiger partial charge in [-0.25, -0.2) is 9.97 Å². The normalized spacial score (nSPS) is 10.5. The Morgan fingerprint density at radius 3 is 2.29 bits per heavy atom. The molecule has 0 aliphatic heterocycles. The maximum Gasteiger partial charge on any atom is 0.256 e. The van der Waals surface area contributed by atoms with Crippen molar-refractivity contribution < 1.29 is 4.79 Å². The number of hydrogen-bond acceptors (Lipinski definition) is 4. The summed E-state index contributed by atoms with van der Waals surface area (Å²) in [4.78, 5) is 22.9. The lowest BCUT2D eigenvalue weighted by molar-refractivity contribution is 0.0754. The number of nitrogens with one attached hydrogen (secondary N) is 1. The monoisotopic (exact) mass is 326 g/mol. The molecule has 0 aliphatic rings. The van der Waals surface area contributed by atoms with Gasteiger partial charge in [0.1, 0.15) is 0 Å². The molecule has 2 rings (SSSR count). The van der Waals surface area contributed by atoms with Crippen molar-refractivity contribution in [2.75, 3.05) is 18.4 Å². The SMILES string of the molecule is CCCN(CCC)C(=O)c1cnc(NCc2ccccc2C)nc1. The van der Waals surface area contributed by atoms with Gasteiger partial charge in [-0.2, -0.15) is 0 Å². The van der Waals surface area contributed by atoms with Gasteiger partial charge in [0.15, 0.2) is 0 Å². The first-order chi connectivity index (χ1) is 11.7. The first-order valence-corrected chi connectivity index (χ1v) is 8.55. The van der Waals surface area contributed by atoms with E-state index in [1.54, 1.807) is 12.4 Å². The van der Waals surface area contributed by atoms with Crippen molar-refractivity contribution in [1.29, 1.82) is 0 Å². The van der Waals surface area contributed by atoms with Gasteiger partial charge in [0.25, 0.3) is 5.91 Å². The third-order valence-corrected chi connectivity index (χ3v) is 3.87. The van der Waals surface area contributed by atoms with E-state index < -0.39 is 0 Å². The van der Waals surface area contributed by atoms with E-state index in [0.29, 0.717) is 18.1 Å². The molecule has 1 heterocycles. The van der Waals surface area contributed by atoms with Gasteiger partial charge in [0.05, 0.1) is 5.56 Å². The highest BCUT2D eigenvalue weighted by molar-refractivity contribution is 5.93. The first-order valence-electron chi connectivity index (χ1n) is 8.55. The molecule has 0 fully saturated rings. The van der Waals surface area contributed by atoms with E-state index in [1.807, 2.05) is 17.0 Å². The molecule has 1 aromatic heterocycles. The Balaban J connectivity index is 1.99. The van der Waals surface area contributed by atoms with Gasteiger partial charge in [-0.3, -0.25) is 4.79 Å². The Morgan fingerprint density at radius 1 is 1.08 bits per heavy atom. The maximum atomic E-state index is 12.5. The van der Waals surface area contributed by atoms with E-state index in [2.05, 4.69) is 48.2 Å². The van der Waals surface area contributed by atoms with Crippen molar-refractivity contribution >= 4 is 11.9 Å². The van der Waals surface area contributed by atoms with Crippen LogP contribution in [-0.4, -0.2) is 33.9 Å². The molecule has 0 atom stereocenters. The molecule has 1 aromatic carbocycles. The highest BCUT2D eigenvalue weighted by Gasteiger charge is 2.15. The largest absolute Gasteiger partial charge is 0.350 e. The van der Waals surface area contributed by atoms with Crippen LogP contribution in [0.4, 0.5) is 5.95 Å². The van der Waals surface area contributed by atoms with Crippen molar-refractivity contribution in [2.45, 2.75) is 40.2 Å². The fourth-order valence-corrected chi connectivity index (χ4v) is 2.55. The zero-order valence-electron chi connectivity index (χ0n) is 14.7. The number of benzene rings is 1. The third kappa shape index (κ3) is 4.78. The van der Waals surface area contributed by atoms with E-state index in [4.69, 9.17) is 0 Å². The minimum atomic E-state index is 0.00385. The first kappa shape index (κ1) is 17.9. The van der Waals surface area contributed by atoms with Gasteiger partial charge in [0, 0.05) is 32.0 Å². The quantitative estimate of drug-likeness (QED) is 0.804. The second-order valence-electron chi connectivity index (χ2n) is 5.87. The molecular weight excluding hydrogens is 300 g/mol. The smallest absolute Gasteiger partial charge is 0.256 e. The van der Waals surface area contributed by atoms with Crippen LogP contribution in [0.25, 0.3) is 0 Å². The lowest BCUT2D eigenvalue weighted by atomic mass is 10.1. The molecule has 1 N–H and O–H groups in total. The number of aromatic nitrogens is 2. The molecule has 0 radical (unpaired) electrons. The Labute approximate surface area is 144 Å². The second-order valence-corrected chi connectivity index (χ2v) is 5.87. The van der Waals surface area contributed by atoms with Crippen molar-refractivity contribution in [3.8, 4) is 0 Å². The molecule has 5 nitrogen and oxygen atoms in total. The number of hydrogen-bond donors (Lipinski definition) is 1. The fourth-order valence-electron chi connectivity index (χ4n) is 2.55. The Hall–Kier alpha value is -2.43. The number of nitrogens with zero attached hydrogens (tertiary/aromatic N) is 3. The maximum absolute atomic E-state index is 12.5. The predicted octanol–water partition coefficient (Wildman–Crippen LogP) is 3.66. The molecule has 5 heteroatoms. The van der Waals surface area contributed by atoms with Crippen LogP contribution >= 0.6 is 0 Å². The van der Waals surface area contributed by atoms with Gasteiger partial charge in [-0.1, -0.05) is 38.1 Å². The molecule has 0 saturated heterocycles. The Morgan fingerprint density at radius 2 is 1.71 bits per heavy atom. The van der Waals surface area contributed by atoms with E-state index in [0.717, 1.165) is 25.9 Å². The molecule has 128 valence electrons. The number of aryl methyl sites for hydroxylation is 1. The Kier molecular flexibility index (Phi) is 6.73. The Bertz CT molecular complexity index is 649. The predicted molar refractivity (Wildman–Crippen MR) is 97.0 cm³/mol. The van der Waals surface area contributed by atoms with E-state index in [-0.39, 0.29) is 5.91 Å². The summed E-state index contributed by atoms with van der Waals surface area (Å²) in [5.74, 6) is 0.538. The molecule has 0 saturated carbocycles. The summed E-state index contributed by atoms with van der Waals surface area (Å²) in [6.45, 7) is 8.42. The minimum Gasteiger partial charge on any atom is -0.350 e. The van der Waals surface area contributed by atoms with Crippen molar-refractivity contribution in [1.82, 2.24) is 14.9 Å². The summed E-state index contributed by atoms with van der Waals surface area (Å²) in [6.07, 6.45) is 5.10. The summed E-state index contributed by atoms with van der Waals surface area (Å²) >= 11 is 0. The molecular formula is C19H26N4O. The highest BCUT2D eigenvalue weighted by Crippen LogP contribution is 2.10. The van der Waals surface area contributed by atoms with Crippen LogP contribution in [0, 0.1) is 6.92 Å². The van der Waals surface area contributed by atoms with Crippen LogP contribution in [0.2, 0.25) is 0 Å². The molecule has 0 unspecified atom stereocenters. The van der Waals surface area contributed by atoms with Gasteiger partial charge < -0.3 is 10.2 Å². The molecule has 1 amide bonds. The summed E-state index contributed by atoms with van der Waals surface area (Å²) in [7, 11) is 0. The van der Waals surface area contributed by atoms with E-state index in [1.165, 1.54) is 11.1 Å². The van der Waals surface area contributed by atoms with Gasteiger partial charge >= 0.3 is 0 Å². The standard InChI is InChI=1S/C19H26N4O/c1-4-10-23(11-5-2)18(24)17-13-21-19(22-14-17)20-12-16-9-7-6-8-15(16)3/h6-9,13-14H,4-5,10-12H2,1-3H3,(H,20,21,22). The van der Waals surface area contributed by atoms with Crippen molar-refractivity contribution in [3.63, 3.8) is 0 Å². The summed E-state index contributed by atoms with van der Waals surface area (Å²) in [6, 6.07) is 8.19. The summed E-state index contributed by atoms with van der Waals surface area (Å²) < 4.78 is 0. The molecule has 0 bridgehead atoms. The van der Waals surface area contributed by atoms with Crippen LogP contribution in [0.5, 0.6) is 0 Å². The molecule has 2 aromatic rings. The van der Waals surface area contributed by atoms with Crippen molar-refractivity contribution in [2.24, 2.45) is 0 Å². The molecule has 24 heavy (non-hydrogen) atoms. The van der Waals surface area contributed by atoms with Crippen LogP contribution in [0.3, 0.4) is 0 Å². The lowest BCUT2D eigenvalue weighted by Gasteiger charge is -2.21. The topological polar surface area (TPSA) is 58.1 Å². The average Bonchev–Trinajstić information content (AvgIpc) is 2.61. The van der Waals surface area contributed by atoms with Crippen molar-refractivity contribution in [3.05, 3.63) is 53.3 Å². The lowest BCUT2D eigenvalue weighted by Crippen LogP contribution is -2.32. The average molecular weight is 326 g/mol. The summed E-state index contributed by atoms with van der Waals surface area (Å²) in [5, 5.41) is 3.20. The van der Waals surface area contributed by atoms with Gasteiger partial charge in [0.2, 0.25) is 5.95 Å². The molecule has 0 spiro atoms.